The molecule has 7 aliphatic rings. The number of aromatic hydroxyl groups is 4. The average molecular weight is 817 g/mol. The van der Waals surface area contributed by atoms with Gasteiger partial charge in [0.2, 0.25) is 23.1 Å². The largest absolute Gasteiger partial charge is 0.504 e. The topological polar surface area (TPSA) is 390 Å². The normalized spacial score (nSPS) is 35.1. The van der Waals surface area contributed by atoms with E-state index in [1.807, 2.05) is 0 Å². The number of ketones is 2. The fourth-order valence-electron chi connectivity index (χ4n) is 8.10. The Morgan fingerprint density at radius 2 is 1.00 bits per heavy atom. The summed E-state index contributed by atoms with van der Waals surface area (Å²) >= 11 is 0. The van der Waals surface area contributed by atoms with Gasteiger partial charge in [0.05, 0.1) is 34.1 Å². The number of carbonyl (C=O) groups is 6. The van der Waals surface area contributed by atoms with Crippen molar-refractivity contribution in [1.82, 2.24) is 0 Å². The van der Waals surface area contributed by atoms with Gasteiger partial charge in [0.15, 0.2) is 47.6 Å². The van der Waals surface area contributed by atoms with Gasteiger partial charge in [0.25, 0.3) is 11.6 Å². The molecule has 1 fully saturated rings. The minimum atomic E-state index is -3.87. The molecule has 9 rings (SSSR count). The van der Waals surface area contributed by atoms with Gasteiger partial charge in [0, 0.05) is 11.1 Å². The first-order valence-electron chi connectivity index (χ1n) is 16.6. The van der Waals surface area contributed by atoms with Crippen molar-refractivity contribution in [2.24, 2.45) is 0 Å². The van der Waals surface area contributed by atoms with E-state index < -0.39 is 176 Å². The number of benzene rings is 2. The van der Waals surface area contributed by atoms with E-state index in [1.165, 1.54) is 0 Å². The van der Waals surface area contributed by atoms with Gasteiger partial charge in [-0.05, 0) is 24.3 Å². The van der Waals surface area contributed by atoms with E-state index in [4.69, 9.17) is 33.2 Å². The van der Waals surface area contributed by atoms with E-state index in [1.54, 1.807) is 0 Å². The van der Waals surface area contributed by atoms with Gasteiger partial charge in [0.1, 0.15) is 12.7 Å². The van der Waals surface area contributed by atoms with Crippen LogP contribution < -0.4 is 9.47 Å². The molecule has 24 nitrogen and oxygen atoms in total. The third-order valence-electron chi connectivity index (χ3n) is 10.9. The molecule has 58 heavy (non-hydrogen) atoms. The number of aliphatic hydroxyl groups excluding tert-OH is 1. The molecule has 11 N–H and O–H groups in total. The molecule has 0 unspecified atom stereocenters. The maximum atomic E-state index is 14.3. The average Bonchev–Trinajstić information content (AvgIpc) is 3.14. The van der Waals surface area contributed by atoms with Gasteiger partial charge in [-0.15, -0.1) is 0 Å². The summed E-state index contributed by atoms with van der Waals surface area (Å²) in [5, 5.41) is 121. The van der Waals surface area contributed by atoms with E-state index in [0.29, 0.717) is 24.3 Å². The van der Waals surface area contributed by atoms with E-state index in [0.717, 1.165) is 0 Å². The number of hydrogen-bond acceptors (Lipinski definition) is 24. The van der Waals surface area contributed by atoms with Crippen LogP contribution in [0.3, 0.4) is 0 Å². The molecular formula is C34H24O24. The summed E-state index contributed by atoms with van der Waals surface area (Å²) in [6, 6.07) is 0.923. The van der Waals surface area contributed by atoms with Crippen LogP contribution in [0.1, 0.15) is 43.7 Å². The van der Waals surface area contributed by atoms with Gasteiger partial charge in [-0.3, -0.25) is 9.59 Å². The number of rotatable bonds is 0. The molecule has 0 saturated carbocycles. The van der Waals surface area contributed by atoms with E-state index in [-0.39, 0.29) is 0 Å². The van der Waals surface area contributed by atoms with Crippen molar-refractivity contribution in [1.29, 1.82) is 0 Å². The molecule has 0 aromatic heterocycles. The first kappa shape index (κ1) is 37.2. The van der Waals surface area contributed by atoms with Gasteiger partial charge < -0.3 is 89.3 Å². The second kappa shape index (κ2) is 11.4. The quantitative estimate of drug-likeness (QED) is 0.0514. The maximum absolute atomic E-state index is 14.3. The van der Waals surface area contributed by atoms with Crippen LogP contribution in [0.4, 0.5) is 0 Å². The highest BCUT2D eigenvalue weighted by molar-refractivity contribution is 6.10. The van der Waals surface area contributed by atoms with Crippen molar-refractivity contribution in [3.63, 3.8) is 0 Å². The number of phenols is 4. The fraction of sp³-hybridized carbons (Fsp3) is 0.353. The van der Waals surface area contributed by atoms with Crippen molar-refractivity contribution in [2.75, 3.05) is 6.61 Å². The predicted molar refractivity (Wildman–Crippen MR) is 167 cm³/mol. The smallest absolute Gasteiger partial charge is 0.339 e. The molecule has 24 heteroatoms. The highest BCUT2D eigenvalue weighted by Crippen LogP contribution is 2.60. The second-order valence-electron chi connectivity index (χ2n) is 14.1. The lowest BCUT2D eigenvalue weighted by atomic mass is 9.70. The third-order valence-corrected chi connectivity index (χ3v) is 10.9. The first-order chi connectivity index (χ1) is 27.0. The molecule has 1 saturated heterocycles. The molecule has 8 bridgehead atoms. The number of esters is 4. The van der Waals surface area contributed by atoms with Gasteiger partial charge in [-0.1, -0.05) is 0 Å². The monoisotopic (exact) mass is 816 g/mol. The summed E-state index contributed by atoms with van der Waals surface area (Å²) in [7, 11) is 0. The summed E-state index contributed by atoms with van der Waals surface area (Å²) in [5.41, 5.74) is -5.92. The van der Waals surface area contributed by atoms with Crippen LogP contribution in [-0.4, -0.2) is 152 Å². The standard InChI is InChI=1S/C34H24O24/c35-10-1-6-15-17-8(3-13(37)33(50,31(17,46)47)57-22(15)19(10)39)26(41)52-5-12-21-24(55-27(6)42)25(30(45)53-12)56-28(43)7-2-11(36)20(40)23-16(7)18-9(29(44)54-21)4-14(38)34(51,58-23)32(18,48)49/h1-4,12,17-18,21,24-25,30,35-36,39-40,45-51H,5H2/t12-,17+,18+,21-,24+,25-,30-,33+,34+/m1/s1. The van der Waals surface area contributed by atoms with E-state index in [2.05, 4.69) is 0 Å². The zero-order valence-electron chi connectivity index (χ0n) is 28.3. The number of hydrogen-bond donors (Lipinski definition) is 11. The van der Waals surface area contributed by atoms with Crippen LogP contribution in [0.5, 0.6) is 34.5 Å². The van der Waals surface area contributed by atoms with Crippen molar-refractivity contribution in [3.05, 3.63) is 57.7 Å². The summed E-state index contributed by atoms with van der Waals surface area (Å²) in [5.74, 6) is -37.5. The number of phenolic OH excluding ortho intramolecular Hbond substituents is 4. The Balaban J connectivity index is 1.26. The molecule has 0 radical (unpaired) electrons. The SMILES string of the molecule is O=C1OC[C@H]2O[C@@H](O)[C@@H]3OC(=O)c4cc(O)c(O)c5c4[C@@H]4C(=CC(=O)[C@](O)(O5)C4(O)O)C(=O)O[C@H]2[C@@H]3OC(=O)c2cc(O)c(O)c3c2[C@@H]2C1=CC(=O)[C@](O)(O3)C2(O)O. The summed E-state index contributed by atoms with van der Waals surface area (Å²) in [4.78, 5) is 82.5. The Kier molecular flexibility index (Phi) is 7.31. The van der Waals surface area contributed by atoms with Gasteiger partial charge in [-0.2, -0.15) is 0 Å². The molecule has 0 spiro atoms. The number of cyclic esters (lactones) is 1. The molecule has 5 aliphatic heterocycles. The first-order valence-corrected chi connectivity index (χ1v) is 16.6. The second-order valence-corrected chi connectivity index (χ2v) is 14.1. The molecule has 0 amide bonds. The molecule has 2 aliphatic carbocycles. The number of ether oxygens (including phenoxy) is 7. The van der Waals surface area contributed by atoms with Gasteiger partial charge in [-0.25, -0.2) is 19.2 Å². The van der Waals surface area contributed by atoms with Crippen LogP contribution in [0.15, 0.2) is 35.4 Å². The van der Waals surface area contributed by atoms with Crippen molar-refractivity contribution in [3.8, 4) is 34.5 Å². The summed E-state index contributed by atoms with van der Waals surface area (Å²) < 4.78 is 37.5. The Morgan fingerprint density at radius 1 is 0.569 bits per heavy atom. The van der Waals surface area contributed by atoms with Crippen LogP contribution in [0.2, 0.25) is 0 Å². The number of fused-ring (bicyclic) bond motifs is 2. The Hall–Kier alpha value is -6.38. The Bertz CT molecular complexity index is 2430. The fourth-order valence-corrected chi connectivity index (χ4v) is 8.10. The van der Waals surface area contributed by atoms with E-state index in [9.17, 15) is 84.9 Å². The lowest BCUT2D eigenvalue weighted by Gasteiger charge is -2.49. The van der Waals surface area contributed by atoms with Crippen LogP contribution in [0.25, 0.3) is 0 Å². The lowest BCUT2D eigenvalue weighted by molar-refractivity contribution is -0.339. The highest BCUT2D eigenvalue weighted by atomic mass is 16.7. The van der Waals surface area contributed by atoms with Crippen LogP contribution in [0, 0.1) is 0 Å². The zero-order valence-corrected chi connectivity index (χ0v) is 28.3. The minimum absolute atomic E-state index is 0.317. The molecule has 2 aromatic rings. The lowest BCUT2D eigenvalue weighted by Crippen LogP contribution is -2.70. The van der Waals surface area contributed by atoms with Crippen molar-refractivity contribution < 1.29 is 118 Å². The predicted octanol–water partition coefficient (Wildman–Crippen LogP) is -4.83. The number of aliphatic hydroxyl groups is 7. The molecule has 304 valence electrons. The van der Waals surface area contributed by atoms with Crippen LogP contribution >= 0.6 is 0 Å². The Morgan fingerprint density at radius 3 is 1.48 bits per heavy atom. The summed E-state index contributed by atoms with van der Waals surface area (Å²) in [6.07, 6.45) is -10.8. The minimum Gasteiger partial charge on any atom is -0.504 e. The molecule has 2 aromatic carbocycles. The molecule has 5 heterocycles. The van der Waals surface area contributed by atoms with Crippen LogP contribution in [-0.2, 0) is 42.9 Å². The number of carbonyl (C=O) groups excluding carboxylic acids is 6. The van der Waals surface area contributed by atoms with E-state index >= 15 is 0 Å². The molecule has 9 atom stereocenters. The highest BCUT2D eigenvalue weighted by Gasteiger charge is 2.72. The summed E-state index contributed by atoms with van der Waals surface area (Å²) in [6.45, 7) is -1.18. The van der Waals surface area contributed by atoms with Gasteiger partial charge >= 0.3 is 35.5 Å². The maximum Gasteiger partial charge on any atom is 0.339 e. The zero-order chi connectivity index (χ0) is 41.9. The Labute approximate surface area is 318 Å². The van der Waals surface area contributed by atoms with Crippen molar-refractivity contribution >= 4 is 35.4 Å². The third kappa shape index (κ3) is 4.44. The van der Waals surface area contributed by atoms with Crippen molar-refractivity contribution in [2.45, 2.75) is 65.7 Å². The molecular weight excluding hydrogens is 792 g/mol.